The third kappa shape index (κ3) is 2.23. The fourth-order valence-corrected chi connectivity index (χ4v) is 2.13. The number of aliphatic hydroxyl groups is 1. The molecule has 1 aliphatic rings. The van der Waals surface area contributed by atoms with Gasteiger partial charge in [0.2, 0.25) is 0 Å². The van der Waals surface area contributed by atoms with E-state index in [4.69, 9.17) is 0 Å². The molecule has 88 valence electrons. The lowest BCUT2D eigenvalue weighted by atomic mass is 9.90. The Kier molecular flexibility index (Phi) is 2.95. The summed E-state index contributed by atoms with van der Waals surface area (Å²) in [7, 11) is 0. The van der Waals surface area contributed by atoms with Gasteiger partial charge in [-0.05, 0) is 6.07 Å². The Labute approximate surface area is 94.9 Å². The molecule has 1 fully saturated rings. The first-order valence-electron chi connectivity index (χ1n) is 5.48. The predicted molar refractivity (Wildman–Crippen MR) is 59.3 cm³/mol. The summed E-state index contributed by atoms with van der Waals surface area (Å²) in [4.78, 5) is 5.79. The number of aromatic nitrogens is 1. The first-order chi connectivity index (χ1) is 7.49. The number of aliphatic hydroxyl groups excluding tert-OH is 1. The number of β-amino-alcohol motifs (C(OH)–C–C–N with tert-alkyl or cyclic N) is 1. The summed E-state index contributed by atoms with van der Waals surface area (Å²) in [5.74, 6) is -0.276. The van der Waals surface area contributed by atoms with Crippen LogP contribution in [0.5, 0.6) is 0 Å². The molecule has 2 heterocycles. The number of rotatable bonds is 2. The van der Waals surface area contributed by atoms with Gasteiger partial charge in [-0.25, -0.2) is 4.39 Å². The lowest BCUT2D eigenvalue weighted by molar-refractivity contribution is 0.0954. The fraction of sp³-hybridized carbons (Fsp3) is 0.583. The molecule has 0 aliphatic carbocycles. The molecule has 0 unspecified atom stereocenters. The summed E-state index contributed by atoms with van der Waals surface area (Å²) in [6, 6.07) is 1.69. The Morgan fingerprint density at radius 2 is 2.38 bits per heavy atom. The lowest BCUT2D eigenvalue weighted by Gasteiger charge is -2.21. The molecule has 0 radical (unpaired) electrons. The summed E-state index contributed by atoms with van der Waals surface area (Å²) in [6.07, 6.45) is 2.49. The Bertz CT molecular complexity index is 381. The fourth-order valence-electron chi connectivity index (χ4n) is 2.13. The average Bonchev–Trinajstić information content (AvgIpc) is 2.44. The van der Waals surface area contributed by atoms with E-state index in [9.17, 15) is 9.50 Å². The van der Waals surface area contributed by atoms with Crippen molar-refractivity contribution >= 4 is 0 Å². The highest BCUT2D eigenvalue weighted by atomic mass is 19.1. The average molecular weight is 224 g/mol. The minimum atomic E-state index is -0.336. The number of nitrogens with zero attached hydrogens (tertiary/aromatic N) is 2. The molecule has 0 aromatic carbocycles. The van der Waals surface area contributed by atoms with Crippen LogP contribution in [0.1, 0.15) is 19.4 Å². The van der Waals surface area contributed by atoms with E-state index in [1.54, 1.807) is 12.3 Å². The number of halogens is 1. The number of likely N-dealkylation sites (tertiary alicyclic amines) is 1. The van der Waals surface area contributed by atoms with Crippen LogP contribution in [0.3, 0.4) is 0 Å². The van der Waals surface area contributed by atoms with Crippen LogP contribution in [0.25, 0.3) is 0 Å². The zero-order valence-electron chi connectivity index (χ0n) is 9.65. The molecule has 1 N–H and O–H groups in total. The highest BCUT2D eigenvalue weighted by Crippen LogP contribution is 2.30. The van der Waals surface area contributed by atoms with E-state index in [2.05, 4.69) is 9.88 Å². The smallest absolute Gasteiger partial charge is 0.145 e. The maximum atomic E-state index is 13.4. The van der Waals surface area contributed by atoms with Crippen molar-refractivity contribution in [1.82, 2.24) is 9.88 Å². The Hall–Kier alpha value is -1.00. The molecule has 0 bridgehead atoms. The zero-order chi connectivity index (χ0) is 11.8. The summed E-state index contributed by atoms with van der Waals surface area (Å²) < 4.78 is 13.4. The van der Waals surface area contributed by atoms with Crippen LogP contribution in [0.15, 0.2) is 18.5 Å². The third-order valence-electron chi connectivity index (χ3n) is 3.21. The minimum Gasteiger partial charge on any atom is -0.391 e. The standard InChI is InChI=1S/C12H17FN2O/c1-12(2)8-15(7-11(12)16)6-9-3-4-14-5-10(9)13/h3-5,11,16H,6-8H2,1-2H3/t11-/m0/s1. The molecule has 3 nitrogen and oxygen atoms in total. The van der Waals surface area contributed by atoms with Gasteiger partial charge in [0.25, 0.3) is 0 Å². The summed E-state index contributed by atoms with van der Waals surface area (Å²) in [5, 5.41) is 9.83. The second-order valence-corrected chi connectivity index (χ2v) is 5.14. The molecule has 0 amide bonds. The Morgan fingerprint density at radius 1 is 1.62 bits per heavy atom. The van der Waals surface area contributed by atoms with Gasteiger partial charge in [0, 0.05) is 36.8 Å². The van der Waals surface area contributed by atoms with Crippen LogP contribution in [-0.4, -0.2) is 34.2 Å². The molecular formula is C12H17FN2O. The molecule has 1 aliphatic heterocycles. The molecule has 1 atom stereocenters. The minimum absolute atomic E-state index is 0.108. The van der Waals surface area contributed by atoms with Gasteiger partial charge in [-0.3, -0.25) is 9.88 Å². The second kappa shape index (κ2) is 4.11. The first kappa shape index (κ1) is 11.5. The lowest BCUT2D eigenvalue weighted by Crippen LogP contribution is -2.26. The topological polar surface area (TPSA) is 36.4 Å². The van der Waals surface area contributed by atoms with Gasteiger partial charge in [-0.2, -0.15) is 0 Å². The van der Waals surface area contributed by atoms with E-state index in [0.717, 1.165) is 6.54 Å². The van der Waals surface area contributed by atoms with Crippen molar-refractivity contribution in [3.63, 3.8) is 0 Å². The second-order valence-electron chi connectivity index (χ2n) is 5.14. The molecule has 1 aromatic heterocycles. The Morgan fingerprint density at radius 3 is 2.94 bits per heavy atom. The van der Waals surface area contributed by atoms with E-state index in [1.807, 2.05) is 13.8 Å². The molecule has 0 spiro atoms. The van der Waals surface area contributed by atoms with E-state index >= 15 is 0 Å². The highest BCUT2D eigenvalue weighted by Gasteiger charge is 2.37. The van der Waals surface area contributed by atoms with Gasteiger partial charge in [0.1, 0.15) is 5.82 Å². The zero-order valence-corrected chi connectivity index (χ0v) is 9.65. The monoisotopic (exact) mass is 224 g/mol. The van der Waals surface area contributed by atoms with Crippen LogP contribution >= 0.6 is 0 Å². The van der Waals surface area contributed by atoms with Crippen LogP contribution in [0.2, 0.25) is 0 Å². The number of pyridine rings is 1. The van der Waals surface area contributed by atoms with Crippen molar-refractivity contribution in [2.45, 2.75) is 26.5 Å². The van der Waals surface area contributed by atoms with Gasteiger partial charge in [-0.1, -0.05) is 13.8 Å². The van der Waals surface area contributed by atoms with Crippen molar-refractivity contribution in [2.75, 3.05) is 13.1 Å². The predicted octanol–water partition coefficient (Wildman–Crippen LogP) is 1.42. The van der Waals surface area contributed by atoms with Crippen molar-refractivity contribution < 1.29 is 9.50 Å². The van der Waals surface area contributed by atoms with E-state index in [-0.39, 0.29) is 17.3 Å². The molecular weight excluding hydrogens is 207 g/mol. The number of hydrogen-bond donors (Lipinski definition) is 1. The van der Waals surface area contributed by atoms with E-state index in [1.165, 1.54) is 6.20 Å². The molecule has 16 heavy (non-hydrogen) atoms. The molecule has 0 saturated carbocycles. The van der Waals surface area contributed by atoms with Gasteiger partial charge in [0.05, 0.1) is 12.3 Å². The molecule has 4 heteroatoms. The van der Waals surface area contributed by atoms with Crippen molar-refractivity contribution in [3.05, 3.63) is 29.8 Å². The number of hydrogen-bond acceptors (Lipinski definition) is 3. The van der Waals surface area contributed by atoms with Crippen molar-refractivity contribution in [1.29, 1.82) is 0 Å². The first-order valence-corrected chi connectivity index (χ1v) is 5.48. The van der Waals surface area contributed by atoms with Crippen LogP contribution in [0, 0.1) is 11.2 Å². The van der Waals surface area contributed by atoms with Crippen LogP contribution in [-0.2, 0) is 6.54 Å². The maximum absolute atomic E-state index is 13.4. The Balaban J connectivity index is 2.05. The van der Waals surface area contributed by atoms with Crippen molar-refractivity contribution in [2.24, 2.45) is 5.41 Å². The van der Waals surface area contributed by atoms with Gasteiger partial charge in [0.15, 0.2) is 0 Å². The van der Waals surface area contributed by atoms with Crippen LogP contribution in [0.4, 0.5) is 4.39 Å². The van der Waals surface area contributed by atoms with Crippen LogP contribution < -0.4 is 0 Å². The van der Waals surface area contributed by atoms with Crippen molar-refractivity contribution in [3.8, 4) is 0 Å². The van der Waals surface area contributed by atoms with Gasteiger partial charge < -0.3 is 5.11 Å². The van der Waals surface area contributed by atoms with Gasteiger partial charge in [-0.15, -0.1) is 0 Å². The SMILES string of the molecule is CC1(C)CN(Cc2ccncc2F)C[C@@H]1O. The van der Waals surface area contributed by atoms with E-state index in [0.29, 0.717) is 18.7 Å². The quantitative estimate of drug-likeness (QED) is 0.825. The summed E-state index contributed by atoms with van der Waals surface area (Å²) >= 11 is 0. The summed E-state index contributed by atoms with van der Waals surface area (Å²) in [5.41, 5.74) is 0.531. The van der Waals surface area contributed by atoms with Gasteiger partial charge >= 0.3 is 0 Å². The highest BCUT2D eigenvalue weighted by molar-refractivity contribution is 5.13. The normalized spacial score (nSPS) is 24.9. The molecule has 2 rings (SSSR count). The summed E-state index contributed by atoms with van der Waals surface area (Å²) in [6.45, 7) is 5.99. The molecule has 1 saturated heterocycles. The van der Waals surface area contributed by atoms with E-state index < -0.39 is 0 Å². The third-order valence-corrected chi connectivity index (χ3v) is 3.21. The largest absolute Gasteiger partial charge is 0.391 e. The molecule has 1 aromatic rings. The maximum Gasteiger partial charge on any atom is 0.145 e.